The van der Waals surface area contributed by atoms with E-state index in [0.29, 0.717) is 37.6 Å². The summed E-state index contributed by atoms with van der Waals surface area (Å²) in [7, 11) is 1.24. The van der Waals surface area contributed by atoms with E-state index < -0.39 is 29.9 Å². The van der Waals surface area contributed by atoms with E-state index in [1.165, 1.54) is 7.11 Å². The minimum Gasteiger partial charge on any atom is -0.464 e. The number of amides is 1. The third-order valence-corrected chi connectivity index (χ3v) is 4.50. The predicted octanol–water partition coefficient (Wildman–Crippen LogP) is 0.00844. The molecule has 0 radical (unpaired) electrons. The van der Waals surface area contributed by atoms with Crippen LogP contribution in [0.15, 0.2) is 0 Å². The lowest BCUT2D eigenvalue weighted by Crippen LogP contribution is -2.42. The number of rotatable bonds is 8. The molecule has 0 saturated carbocycles. The number of aryl methyl sites for hydroxylation is 1. The maximum absolute atomic E-state index is 12.5. The standard InChI is InChI=1S/C18H25N3O6/c1-11-15(12(2)20-16(11)18(25)26-3)13(22)10-14(23)17(24)19-4-5-21-6-8-27-9-7-21/h20H,4-10H2,1-3H3,(H,19,24). The SMILES string of the molecule is COC(=O)c1[nH]c(C)c(C(=O)CC(=O)C(=O)NCCN2CCOCC2)c1C. The summed E-state index contributed by atoms with van der Waals surface area (Å²) >= 11 is 0. The number of nitrogens with zero attached hydrogens (tertiary/aromatic N) is 1. The smallest absolute Gasteiger partial charge is 0.354 e. The highest BCUT2D eigenvalue weighted by Crippen LogP contribution is 2.20. The van der Waals surface area contributed by atoms with Gasteiger partial charge in [0.25, 0.3) is 5.91 Å². The van der Waals surface area contributed by atoms with Crippen molar-refractivity contribution in [2.75, 3.05) is 46.5 Å². The topological polar surface area (TPSA) is 118 Å². The van der Waals surface area contributed by atoms with Crippen molar-refractivity contribution in [3.63, 3.8) is 0 Å². The number of aromatic nitrogens is 1. The van der Waals surface area contributed by atoms with Gasteiger partial charge >= 0.3 is 5.97 Å². The number of esters is 1. The van der Waals surface area contributed by atoms with Crippen molar-refractivity contribution in [3.8, 4) is 0 Å². The highest BCUT2D eigenvalue weighted by Gasteiger charge is 2.25. The summed E-state index contributed by atoms with van der Waals surface area (Å²) in [5.41, 5.74) is 1.27. The molecular weight excluding hydrogens is 354 g/mol. The molecule has 2 rings (SSSR count). The Morgan fingerprint density at radius 2 is 1.85 bits per heavy atom. The molecule has 27 heavy (non-hydrogen) atoms. The quantitative estimate of drug-likeness (QED) is 0.283. The first-order chi connectivity index (χ1) is 12.8. The largest absolute Gasteiger partial charge is 0.464 e. The van der Waals surface area contributed by atoms with Crippen molar-refractivity contribution < 1.29 is 28.7 Å². The van der Waals surface area contributed by atoms with Crippen LogP contribution in [0.1, 0.15) is 38.5 Å². The molecule has 0 aromatic carbocycles. The summed E-state index contributed by atoms with van der Waals surface area (Å²) in [5.74, 6) is -2.69. The molecule has 1 aliphatic rings. The molecule has 0 atom stereocenters. The maximum Gasteiger partial charge on any atom is 0.354 e. The van der Waals surface area contributed by atoms with Crippen molar-refractivity contribution in [3.05, 3.63) is 22.5 Å². The van der Waals surface area contributed by atoms with E-state index in [1.54, 1.807) is 13.8 Å². The van der Waals surface area contributed by atoms with Crippen LogP contribution in [0, 0.1) is 13.8 Å². The number of ketones is 2. The van der Waals surface area contributed by atoms with Crippen LogP contribution in [0.25, 0.3) is 0 Å². The number of carbonyl (C=O) groups is 4. The maximum atomic E-state index is 12.5. The van der Waals surface area contributed by atoms with Gasteiger partial charge in [-0.25, -0.2) is 4.79 Å². The number of morpholine rings is 1. The molecule has 1 saturated heterocycles. The van der Waals surface area contributed by atoms with Crippen molar-refractivity contribution in [2.24, 2.45) is 0 Å². The van der Waals surface area contributed by atoms with E-state index in [1.807, 2.05) is 0 Å². The number of carbonyl (C=O) groups excluding carboxylic acids is 4. The zero-order valence-electron chi connectivity index (χ0n) is 15.8. The van der Waals surface area contributed by atoms with Gasteiger partial charge in [0.05, 0.1) is 26.7 Å². The van der Waals surface area contributed by atoms with E-state index in [9.17, 15) is 19.2 Å². The van der Waals surface area contributed by atoms with Crippen molar-refractivity contribution in [1.29, 1.82) is 0 Å². The predicted molar refractivity (Wildman–Crippen MR) is 95.8 cm³/mol. The Bertz CT molecular complexity index is 734. The van der Waals surface area contributed by atoms with E-state index in [0.717, 1.165) is 13.1 Å². The number of H-pyrrole nitrogens is 1. The Morgan fingerprint density at radius 3 is 2.48 bits per heavy atom. The fourth-order valence-electron chi connectivity index (χ4n) is 3.04. The molecule has 9 nitrogen and oxygen atoms in total. The van der Waals surface area contributed by atoms with Crippen molar-refractivity contribution >= 4 is 23.4 Å². The molecule has 1 aromatic heterocycles. The second-order valence-electron chi connectivity index (χ2n) is 6.35. The van der Waals surface area contributed by atoms with Gasteiger partial charge < -0.3 is 19.8 Å². The first-order valence-corrected chi connectivity index (χ1v) is 8.77. The lowest BCUT2D eigenvalue weighted by atomic mass is 10.0. The highest BCUT2D eigenvalue weighted by molar-refractivity contribution is 6.40. The summed E-state index contributed by atoms with van der Waals surface area (Å²) in [6, 6.07) is 0. The molecule has 9 heteroatoms. The van der Waals surface area contributed by atoms with E-state index >= 15 is 0 Å². The number of nitrogens with one attached hydrogen (secondary N) is 2. The molecule has 148 valence electrons. The van der Waals surface area contributed by atoms with Crippen LogP contribution in [-0.2, 0) is 19.1 Å². The van der Waals surface area contributed by atoms with Crippen LogP contribution in [0.3, 0.4) is 0 Å². The van der Waals surface area contributed by atoms with Gasteiger partial charge in [-0.2, -0.15) is 0 Å². The molecule has 1 aromatic rings. The highest BCUT2D eigenvalue weighted by atomic mass is 16.5. The first-order valence-electron chi connectivity index (χ1n) is 8.77. The summed E-state index contributed by atoms with van der Waals surface area (Å²) in [6.45, 7) is 7.06. The summed E-state index contributed by atoms with van der Waals surface area (Å²) in [6.07, 6.45) is -0.552. The number of hydrogen-bond donors (Lipinski definition) is 2. The monoisotopic (exact) mass is 379 g/mol. The Labute approximate surface area is 157 Å². The van der Waals surface area contributed by atoms with Crippen LogP contribution in [0.4, 0.5) is 0 Å². The van der Waals surface area contributed by atoms with Crippen LogP contribution in [0.5, 0.6) is 0 Å². The Balaban J connectivity index is 1.89. The van der Waals surface area contributed by atoms with Gasteiger partial charge in [-0.1, -0.05) is 0 Å². The minimum atomic E-state index is -0.804. The summed E-state index contributed by atoms with van der Waals surface area (Å²) < 4.78 is 9.90. The number of ether oxygens (including phenoxy) is 2. The number of Topliss-reactive ketones (excluding diaryl/α,β-unsaturated/α-hetero) is 2. The molecule has 1 amide bonds. The fraction of sp³-hybridized carbons (Fsp3) is 0.556. The van der Waals surface area contributed by atoms with E-state index in [-0.39, 0.29) is 11.3 Å². The van der Waals surface area contributed by atoms with Crippen molar-refractivity contribution in [1.82, 2.24) is 15.2 Å². The zero-order valence-corrected chi connectivity index (χ0v) is 15.8. The summed E-state index contributed by atoms with van der Waals surface area (Å²) in [4.78, 5) is 53.1. The molecule has 0 unspecified atom stereocenters. The van der Waals surface area contributed by atoms with Crippen LogP contribution in [0.2, 0.25) is 0 Å². The average Bonchev–Trinajstić information content (AvgIpc) is 2.96. The first kappa shape index (κ1) is 20.8. The summed E-state index contributed by atoms with van der Waals surface area (Å²) in [5, 5.41) is 2.54. The third kappa shape index (κ3) is 5.24. The zero-order chi connectivity index (χ0) is 20.0. The van der Waals surface area contributed by atoms with Gasteiger partial charge in [0.1, 0.15) is 5.69 Å². The minimum absolute atomic E-state index is 0.167. The second kappa shape index (κ2) is 9.43. The van der Waals surface area contributed by atoms with Crippen LogP contribution in [-0.4, -0.2) is 79.8 Å². The molecule has 2 heterocycles. The molecule has 0 spiro atoms. The Kier molecular flexibility index (Phi) is 7.26. The normalized spacial score (nSPS) is 14.6. The lowest BCUT2D eigenvalue weighted by Gasteiger charge is -2.26. The number of hydrogen-bond acceptors (Lipinski definition) is 7. The molecule has 1 fully saturated rings. The number of aromatic amines is 1. The number of methoxy groups -OCH3 is 1. The fourth-order valence-corrected chi connectivity index (χ4v) is 3.04. The lowest BCUT2D eigenvalue weighted by molar-refractivity contribution is -0.137. The Hall–Kier alpha value is -2.52. The molecule has 0 bridgehead atoms. The van der Waals surface area contributed by atoms with Crippen LogP contribution >= 0.6 is 0 Å². The molecule has 1 aliphatic heterocycles. The van der Waals surface area contributed by atoms with E-state index in [2.05, 4.69) is 19.9 Å². The third-order valence-electron chi connectivity index (χ3n) is 4.50. The van der Waals surface area contributed by atoms with Gasteiger partial charge in [-0.05, 0) is 19.4 Å². The van der Waals surface area contributed by atoms with Gasteiger partial charge in [0.15, 0.2) is 5.78 Å². The average molecular weight is 379 g/mol. The van der Waals surface area contributed by atoms with Gasteiger partial charge in [0, 0.05) is 37.4 Å². The molecule has 2 N–H and O–H groups in total. The van der Waals surface area contributed by atoms with Gasteiger partial charge in [-0.3, -0.25) is 19.3 Å². The van der Waals surface area contributed by atoms with Gasteiger partial charge in [0.2, 0.25) is 5.78 Å². The molecular formula is C18H25N3O6. The van der Waals surface area contributed by atoms with Crippen LogP contribution < -0.4 is 5.32 Å². The Morgan fingerprint density at radius 1 is 1.19 bits per heavy atom. The van der Waals surface area contributed by atoms with Gasteiger partial charge in [-0.15, -0.1) is 0 Å². The second-order valence-corrected chi connectivity index (χ2v) is 6.35. The molecule has 0 aliphatic carbocycles. The van der Waals surface area contributed by atoms with E-state index in [4.69, 9.17) is 4.74 Å². The van der Waals surface area contributed by atoms with Crippen molar-refractivity contribution in [2.45, 2.75) is 20.3 Å².